The Bertz CT molecular complexity index is 632. The van der Waals surface area contributed by atoms with Crippen LogP contribution in [0.5, 0.6) is 0 Å². The van der Waals surface area contributed by atoms with E-state index in [2.05, 4.69) is 43.0 Å². The number of nitrogens with zero attached hydrogens (tertiary/aromatic N) is 3. The van der Waals surface area contributed by atoms with Gasteiger partial charge in [-0.25, -0.2) is 4.98 Å². The van der Waals surface area contributed by atoms with Crippen LogP contribution >= 0.6 is 35.3 Å². The van der Waals surface area contributed by atoms with Crippen molar-refractivity contribution in [2.75, 3.05) is 27.2 Å². The molecule has 1 N–H and O–H groups in total. The van der Waals surface area contributed by atoms with Crippen LogP contribution in [0.4, 0.5) is 0 Å². The van der Waals surface area contributed by atoms with Gasteiger partial charge in [-0.05, 0) is 43.9 Å². The third kappa shape index (κ3) is 6.05. The standard InChI is InChI=1S/C21H36N4OS.HI/c1-21(2,3)19-15(9-8-12-26-19)13-23-20(22-4)25(5)14-18-24-16-10-6-7-11-17(16)27-18;/h15,19H,6-14H2,1-5H3,(H,22,23);1H. The van der Waals surface area contributed by atoms with E-state index in [0.29, 0.717) is 12.0 Å². The summed E-state index contributed by atoms with van der Waals surface area (Å²) in [5.41, 5.74) is 1.51. The molecule has 2 aliphatic rings. The minimum Gasteiger partial charge on any atom is -0.377 e. The van der Waals surface area contributed by atoms with Crippen LogP contribution < -0.4 is 5.32 Å². The van der Waals surface area contributed by atoms with Crippen LogP contribution in [0.1, 0.15) is 62.0 Å². The topological polar surface area (TPSA) is 49.8 Å². The molecule has 0 saturated carbocycles. The first-order valence-corrected chi connectivity index (χ1v) is 11.2. The molecular weight excluding hydrogens is 483 g/mol. The lowest BCUT2D eigenvalue weighted by molar-refractivity contribution is -0.0836. The predicted molar refractivity (Wildman–Crippen MR) is 129 cm³/mol. The second-order valence-electron chi connectivity index (χ2n) is 9.03. The van der Waals surface area contributed by atoms with Crippen molar-refractivity contribution in [1.82, 2.24) is 15.2 Å². The smallest absolute Gasteiger partial charge is 0.193 e. The van der Waals surface area contributed by atoms with Crippen LogP contribution in [-0.2, 0) is 24.1 Å². The summed E-state index contributed by atoms with van der Waals surface area (Å²) in [4.78, 5) is 13.1. The molecule has 1 aromatic heterocycles. The third-order valence-electron chi connectivity index (χ3n) is 5.66. The Hall–Kier alpha value is -0.410. The average Bonchev–Trinajstić information content (AvgIpc) is 3.04. The van der Waals surface area contributed by atoms with E-state index in [1.165, 1.54) is 41.3 Å². The van der Waals surface area contributed by atoms with E-state index in [0.717, 1.165) is 38.5 Å². The van der Waals surface area contributed by atoms with Gasteiger partial charge in [-0.15, -0.1) is 35.3 Å². The summed E-state index contributed by atoms with van der Waals surface area (Å²) >= 11 is 1.89. The van der Waals surface area contributed by atoms with Crippen molar-refractivity contribution in [2.45, 2.75) is 71.9 Å². The van der Waals surface area contributed by atoms with Gasteiger partial charge in [-0.1, -0.05) is 20.8 Å². The molecule has 5 nitrogen and oxygen atoms in total. The molecule has 0 bridgehead atoms. The molecule has 2 unspecified atom stereocenters. The molecule has 3 rings (SSSR count). The number of aryl methyl sites for hydroxylation is 2. The molecule has 0 spiro atoms. The van der Waals surface area contributed by atoms with Gasteiger partial charge in [0.15, 0.2) is 5.96 Å². The Morgan fingerprint density at radius 3 is 2.71 bits per heavy atom. The highest BCUT2D eigenvalue weighted by atomic mass is 127. The molecule has 0 aromatic carbocycles. The number of hydrogen-bond donors (Lipinski definition) is 1. The van der Waals surface area contributed by atoms with E-state index in [4.69, 9.17) is 9.72 Å². The fraction of sp³-hybridized carbons (Fsp3) is 0.810. The highest BCUT2D eigenvalue weighted by molar-refractivity contribution is 14.0. The van der Waals surface area contributed by atoms with Gasteiger partial charge in [-0.2, -0.15) is 0 Å². The van der Waals surface area contributed by atoms with Crippen LogP contribution in [0.2, 0.25) is 0 Å². The van der Waals surface area contributed by atoms with Gasteiger partial charge in [0.2, 0.25) is 0 Å². The molecule has 1 aliphatic heterocycles. The molecule has 2 heterocycles. The van der Waals surface area contributed by atoms with Crippen molar-refractivity contribution in [1.29, 1.82) is 0 Å². The number of aliphatic imine (C=N–C) groups is 1. The van der Waals surface area contributed by atoms with Crippen LogP contribution in [-0.4, -0.2) is 49.2 Å². The summed E-state index contributed by atoms with van der Waals surface area (Å²) in [6.07, 6.45) is 7.62. The zero-order valence-corrected chi connectivity index (χ0v) is 21.2. The number of ether oxygens (including phenoxy) is 1. The summed E-state index contributed by atoms with van der Waals surface area (Å²) in [5.74, 6) is 1.47. The van der Waals surface area contributed by atoms with Gasteiger partial charge in [0.1, 0.15) is 5.01 Å². The number of fused-ring (bicyclic) bond motifs is 1. The number of thiazole rings is 1. The SMILES string of the molecule is CN=C(NCC1CCCOC1C(C)(C)C)N(C)Cc1nc2c(s1)CCCC2.I. The van der Waals surface area contributed by atoms with Crippen molar-refractivity contribution >= 4 is 41.3 Å². The lowest BCUT2D eigenvalue weighted by Crippen LogP contribution is -2.47. The maximum atomic E-state index is 6.12. The molecule has 7 heteroatoms. The second kappa shape index (κ2) is 10.6. The number of guanidine groups is 1. The normalized spacial score (nSPS) is 23.0. The van der Waals surface area contributed by atoms with Gasteiger partial charge in [-0.3, -0.25) is 4.99 Å². The summed E-state index contributed by atoms with van der Waals surface area (Å²) in [6.45, 7) is 9.46. The minimum atomic E-state index is 0. The van der Waals surface area contributed by atoms with E-state index in [9.17, 15) is 0 Å². The zero-order valence-electron chi connectivity index (χ0n) is 18.1. The lowest BCUT2D eigenvalue weighted by atomic mass is 9.78. The van der Waals surface area contributed by atoms with Gasteiger partial charge < -0.3 is 15.0 Å². The lowest BCUT2D eigenvalue weighted by Gasteiger charge is -2.40. The van der Waals surface area contributed by atoms with E-state index in [1.807, 2.05) is 18.4 Å². The molecule has 28 heavy (non-hydrogen) atoms. The van der Waals surface area contributed by atoms with Crippen molar-refractivity contribution in [3.05, 3.63) is 15.6 Å². The van der Waals surface area contributed by atoms with Crippen molar-refractivity contribution in [2.24, 2.45) is 16.3 Å². The Labute approximate surface area is 191 Å². The van der Waals surface area contributed by atoms with Gasteiger partial charge in [0, 0.05) is 38.0 Å². The van der Waals surface area contributed by atoms with Crippen molar-refractivity contribution < 1.29 is 4.74 Å². The van der Waals surface area contributed by atoms with E-state index in [-0.39, 0.29) is 29.4 Å². The predicted octanol–water partition coefficient (Wildman–Crippen LogP) is 4.49. The van der Waals surface area contributed by atoms with Gasteiger partial charge in [0.25, 0.3) is 0 Å². The quantitative estimate of drug-likeness (QED) is 0.361. The summed E-state index contributed by atoms with van der Waals surface area (Å²) in [7, 11) is 3.97. The van der Waals surface area contributed by atoms with Crippen LogP contribution in [0.15, 0.2) is 4.99 Å². The fourth-order valence-corrected chi connectivity index (χ4v) is 5.58. The number of nitrogens with one attached hydrogen (secondary N) is 1. The van der Waals surface area contributed by atoms with Crippen molar-refractivity contribution in [3.63, 3.8) is 0 Å². The second-order valence-corrected chi connectivity index (χ2v) is 10.2. The first kappa shape index (κ1) is 23.9. The minimum absolute atomic E-state index is 0. The van der Waals surface area contributed by atoms with Crippen LogP contribution in [0.25, 0.3) is 0 Å². The fourth-order valence-electron chi connectivity index (χ4n) is 4.37. The van der Waals surface area contributed by atoms with E-state index < -0.39 is 0 Å². The highest BCUT2D eigenvalue weighted by Crippen LogP contribution is 2.33. The van der Waals surface area contributed by atoms with Crippen LogP contribution in [0.3, 0.4) is 0 Å². The number of rotatable bonds is 4. The molecule has 2 atom stereocenters. The molecule has 0 amide bonds. The van der Waals surface area contributed by atoms with Gasteiger partial charge >= 0.3 is 0 Å². The molecule has 1 aromatic rings. The third-order valence-corrected chi connectivity index (χ3v) is 6.80. The number of halogens is 1. The highest BCUT2D eigenvalue weighted by Gasteiger charge is 2.35. The maximum absolute atomic E-state index is 6.12. The van der Waals surface area contributed by atoms with Crippen molar-refractivity contribution in [3.8, 4) is 0 Å². The molecule has 1 fully saturated rings. The molecule has 1 aliphatic carbocycles. The first-order valence-electron chi connectivity index (χ1n) is 10.4. The number of hydrogen-bond acceptors (Lipinski definition) is 4. The maximum Gasteiger partial charge on any atom is 0.193 e. The Balaban J connectivity index is 0.00000280. The largest absolute Gasteiger partial charge is 0.377 e. The summed E-state index contributed by atoms with van der Waals surface area (Å²) in [5, 5.41) is 4.80. The summed E-state index contributed by atoms with van der Waals surface area (Å²) in [6, 6.07) is 0. The molecular formula is C21H37IN4OS. The van der Waals surface area contributed by atoms with Crippen LogP contribution in [0, 0.1) is 11.3 Å². The molecule has 0 radical (unpaired) electrons. The van der Waals surface area contributed by atoms with E-state index in [1.54, 1.807) is 0 Å². The Kier molecular flexibility index (Phi) is 9.01. The Morgan fingerprint density at radius 1 is 1.29 bits per heavy atom. The number of aromatic nitrogens is 1. The van der Waals surface area contributed by atoms with Gasteiger partial charge in [0.05, 0.1) is 18.3 Å². The molecule has 160 valence electrons. The Morgan fingerprint density at radius 2 is 2.04 bits per heavy atom. The zero-order chi connectivity index (χ0) is 19.4. The summed E-state index contributed by atoms with van der Waals surface area (Å²) < 4.78 is 6.12. The average molecular weight is 521 g/mol. The monoisotopic (exact) mass is 520 g/mol. The first-order chi connectivity index (χ1) is 12.9. The van der Waals surface area contributed by atoms with E-state index >= 15 is 0 Å². The molecule has 1 saturated heterocycles.